The molecule has 0 saturated carbocycles. The molecule has 0 radical (unpaired) electrons. The quantitative estimate of drug-likeness (QED) is 0.678. The molecule has 0 aromatic heterocycles. The predicted octanol–water partition coefficient (Wildman–Crippen LogP) is 2.28. The van der Waals surface area contributed by atoms with Crippen LogP contribution in [0.3, 0.4) is 0 Å². The van der Waals surface area contributed by atoms with Crippen molar-refractivity contribution in [1.82, 2.24) is 0 Å². The van der Waals surface area contributed by atoms with Crippen LogP contribution in [0.4, 0.5) is 5.69 Å². The molecule has 20 heavy (non-hydrogen) atoms. The number of hydrogen-bond acceptors (Lipinski definition) is 5. The minimum absolute atomic E-state index is 0.0361. The largest absolute Gasteiger partial charge is 0.486 e. The Morgan fingerprint density at radius 1 is 1.30 bits per heavy atom. The van der Waals surface area contributed by atoms with Gasteiger partial charge in [0.15, 0.2) is 11.5 Å². The van der Waals surface area contributed by atoms with Crippen LogP contribution in [0.2, 0.25) is 0 Å². The molecule has 0 bridgehead atoms. The molecule has 0 fully saturated rings. The molecule has 1 aromatic rings. The van der Waals surface area contributed by atoms with Gasteiger partial charge in [0.05, 0.1) is 11.0 Å². The molecule has 0 amide bonds. The Bertz CT molecular complexity index is 523. The lowest BCUT2D eigenvalue weighted by molar-refractivity contribution is -0.385. The number of nitro groups is 1. The van der Waals surface area contributed by atoms with E-state index in [1.165, 1.54) is 6.07 Å². The molecule has 1 heterocycles. The van der Waals surface area contributed by atoms with E-state index in [4.69, 9.17) is 15.2 Å². The van der Waals surface area contributed by atoms with E-state index in [9.17, 15) is 10.1 Å². The molecule has 1 aliphatic rings. The van der Waals surface area contributed by atoms with Crippen molar-refractivity contribution in [2.75, 3.05) is 13.2 Å². The maximum Gasteiger partial charge on any atom is 0.276 e. The van der Waals surface area contributed by atoms with Crippen LogP contribution in [0.5, 0.6) is 11.5 Å². The van der Waals surface area contributed by atoms with Crippen LogP contribution in [0.25, 0.3) is 0 Å². The molecule has 2 rings (SSSR count). The summed E-state index contributed by atoms with van der Waals surface area (Å²) in [6.07, 6.45) is 0.427. The first-order chi connectivity index (χ1) is 9.29. The molecule has 0 aliphatic carbocycles. The van der Waals surface area contributed by atoms with E-state index < -0.39 is 4.92 Å². The predicted molar refractivity (Wildman–Crippen MR) is 75.2 cm³/mol. The lowest BCUT2D eigenvalue weighted by Crippen LogP contribution is -2.37. The lowest BCUT2D eigenvalue weighted by Gasteiger charge is -2.27. The standard InChI is InChI=1S/C14H20N2O4/c1-14(2,3)13(15)7-9-6-11-12(20-5-4-19-11)8-10(9)16(17)18/h6,8,13H,4-5,7,15H2,1-3H3. The average molecular weight is 280 g/mol. The normalized spacial score (nSPS) is 15.8. The zero-order valence-corrected chi connectivity index (χ0v) is 12.0. The van der Waals surface area contributed by atoms with Gasteiger partial charge < -0.3 is 15.2 Å². The first-order valence-electron chi connectivity index (χ1n) is 6.61. The van der Waals surface area contributed by atoms with Gasteiger partial charge in [-0.2, -0.15) is 0 Å². The molecule has 1 atom stereocenters. The van der Waals surface area contributed by atoms with Crippen molar-refractivity contribution in [1.29, 1.82) is 0 Å². The molecule has 6 nitrogen and oxygen atoms in total. The highest BCUT2D eigenvalue weighted by Crippen LogP contribution is 2.37. The smallest absolute Gasteiger partial charge is 0.276 e. The Kier molecular flexibility index (Phi) is 3.85. The number of nitrogens with two attached hydrogens (primary N) is 1. The van der Waals surface area contributed by atoms with Crippen molar-refractivity contribution in [3.63, 3.8) is 0 Å². The van der Waals surface area contributed by atoms with E-state index in [0.29, 0.717) is 36.7 Å². The average Bonchev–Trinajstić information content (AvgIpc) is 2.36. The molecule has 1 aromatic carbocycles. The fraction of sp³-hybridized carbons (Fsp3) is 0.571. The van der Waals surface area contributed by atoms with Crippen molar-refractivity contribution in [3.05, 3.63) is 27.8 Å². The highest BCUT2D eigenvalue weighted by molar-refractivity contribution is 5.55. The third-order valence-electron chi connectivity index (χ3n) is 3.49. The van der Waals surface area contributed by atoms with Crippen LogP contribution in [-0.2, 0) is 6.42 Å². The Hall–Kier alpha value is -1.82. The summed E-state index contributed by atoms with van der Waals surface area (Å²) in [5.41, 5.74) is 6.63. The Labute approximate surface area is 118 Å². The number of fused-ring (bicyclic) bond motifs is 1. The van der Waals surface area contributed by atoms with Crippen molar-refractivity contribution in [3.8, 4) is 11.5 Å². The summed E-state index contributed by atoms with van der Waals surface area (Å²) in [7, 11) is 0. The molecule has 0 saturated heterocycles. The number of benzene rings is 1. The SMILES string of the molecule is CC(C)(C)C(N)Cc1cc2c(cc1[N+](=O)[O-])OCCO2. The summed E-state index contributed by atoms with van der Waals surface area (Å²) >= 11 is 0. The van der Waals surface area contributed by atoms with Crippen molar-refractivity contribution < 1.29 is 14.4 Å². The van der Waals surface area contributed by atoms with E-state index in [-0.39, 0.29) is 17.1 Å². The molecule has 2 N–H and O–H groups in total. The van der Waals surface area contributed by atoms with Gasteiger partial charge >= 0.3 is 0 Å². The van der Waals surface area contributed by atoms with Gasteiger partial charge in [-0.3, -0.25) is 10.1 Å². The van der Waals surface area contributed by atoms with Gasteiger partial charge in [-0.1, -0.05) is 20.8 Å². The maximum absolute atomic E-state index is 11.2. The summed E-state index contributed by atoms with van der Waals surface area (Å²) < 4.78 is 10.9. The van der Waals surface area contributed by atoms with Gasteiger partial charge in [-0.25, -0.2) is 0 Å². The number of ether oxygens (including phenoxy) is 2. The van der Waals surface area contributed by atoms with Gasteiger partial charge in [0.25, 0.3) is 5.69 Å². The van der Waals surface area contributed by atoms with Gasteiger partial charge in [0.2, 0.25) is 0 Å². The van der Waals surface area contributed by atoms with Crippen molar-refractivity contribution in [2.24, 2.45) is 11.1 Å². The third kappa shape index (κ3) is 3.01. The molecule has 1 unspecified atom stereocenters. The van der Waals surface area contributed by atoms with E-state index >= 15 is 0 Å². The zero-order chi connectivity index (χ0) is 14.9. The summed E-state index contributed by atoms with van der Waals surface area (Å²) in [6.45, 7) is 6.91. The number of hydrogen-bond donors (Lipinski definition) is 1. The fourth-order valence-electron chi connectivity index (χ4n) is 2.00. The van der Waals surface area contributed by atoms with Crippen molar-refractivity contribution >= 4 is 5.69 Å². The number of rotatable bonds is 3. The summed E-state index contributed by atoms with van der Waals surface area (Å²) in [6, 6.07) is 2.93. The molecule has 0 spiro atoms. The first-order valence-corrected chi connectivity index (χ1v) is 6.61. The van der Waals surface area contributed by atoms with Crippen LogP contribution < -0.4 is 15.2 Å². The van der Waals surface area contributed by atoms with E-state index in [1.807, 2.05) is 20.8 Å². The van der Waals surface area contributed by atoms with E-state index in [1.54, 1.807) is 6.07 Å². The van der Waals surface area contributed by atoms with Gasteiger partial charge in [-0.15, -0.1) is 0 Å². The Balaban J connectivity index is 2.37. The molecular weight excluding hydrogens is 260 g/mol. The number of nitro benzene ring substituents is 1. The lowest BCUT2D eigenvalue weighted by atomic mass is 9.83. The monoisotopic (exact) mass is 280 g/mol. The fourth-order valence-corrected chi connectivity index (χ4v) is 2.00. The van der Waals surface area contributed by atoms with Crippen LogP contribution >= 0.6 is 0 Å². The van der Waals surface area contributed by atoms with Crippen LogP contribution in [0.15, 0.2) is 12.1 Å². The minimum Gasteiger partial charge on any atom is -0.486 e. The maximum atomic E-state index is 11.2. The second-order valence-corrected chi connectivity index (χ2v) is 6.06. The third-order valence-corrected chi connectivity index (χ3v) is 3.49. The van der Waals surface area contributed by atoms with Crippen LogP contribution in [0.1, 0.15) is 26.3 Å². The van der Waals surface area contributed by atoms with E-state index in [0.717, 1.165) is 0 Å². The van der Waals surface area contributed by atoms with Crippen LogP contribution in [-0.4, -0.2) is 24.2 Å². The molecule has 6 heteroatoms. The van der Waals surface area contributed by atoms with Gasteiger partial charge in [-0.05, 0) is 17.9 Å². The molecule has 110 valence electrons. The molecule has 1 aliphatic heterocycles. The number of nitrogens with zero attached hydrogens (tertiary/aromatic N) is 1. The van der Waals surface area contributed by atoms with Gasteiger partial charge in [0, 0.05) is 11.6 Å². The highest BCUT2D eigenvalue weighted by atomic mass is 16.6. The summed E-state index contributed by atoms with van der Waals surface area (Å²) in [4.78, 5) is 10.8. The summed E-state index contributed by atoms with van der Waals surface area (Å²) in [5.74, 6) is 0.981. The van der Waals surface area contributed by atoms with Crippen LogP contribution in [0, 0.1) is 15.5 Å². The van der Waals surface area contributed by atoms with E-state index in [2.05, 4.69) is 0 Å². The topological polar surface area (TPSA) is 87.6 Å². The zero-order valence-electron chi connectivity index (χ0n) is 12.0. The second-order valence-electron chi connectivity index (χ2n) is 6.06. The molecular formula is C14H20N2O4. The summed E-state index contributed by atoms with van der Waals surface area (Å²) in [5, 5.41) is 11.2. The second kappa shape index (κ2) is 5.28. The van der Waals surface area contributed by atoms with Gasteiger partial charge in [0.1, 0.15) is 13.2 Å². The minimum atomic E-state index is -0.400. The highest BCUT2D eigenvalue weighted by Gasteiger charge is 2.27. The Morgan fingerprint density at radius 3 is 2.35 bits per heavy atom. The van der Waals surface area contributed by atoms with Crippen molar-refractivity contribution in [2.45, 2.75) is 33.2 Å². The Morgan fingerprint density at radius 2 is 1.85 bits per heavy atom. The first kappa shape index (κ1) is 14.6.